The Balaban J connectivity index is 1.34. The molecule has 0 amide bonds. The van der Waals surface area contributed by atoms with E-state index in [1.807, 2.05) is 49.4 Å². The van der Waals surface area contributed by atoms with Gasteiger partial charge in [0.2, 0.25) is 0 Å². The van der Waals surface area contributed by atoms with Gasteiger partial charge < -0.3 is 13.7 Å². The van der Waals surface area contributed by atoms with Crippen molar-refractivity contribution in [2.75, 3.05) is 0 Å². The number of hydrogen-bond donors (Lipinski definition) is 0. The SMILES string of the molecule is Cc1ccc(-c2cc(COc3ccc(C(=O)C=Cc4ccccc4)cc3)on2)o1. The minimum absolute atomic E-state index is 0.0611. The average molecular weight is 385 g/mol. The van der Waals surface area contributed by atoms with Crippen LogP contribution in [0.5, 0.6) is 5.75 Å². The Morgan fingerprint density at radius 3 is 2.55 bits per heavy atom. The first kappa shape index (κ1) is 18.5. The molecule has 0 bridgehead atoms. The maximum Gasteiger partial charge on any atom is 0.185 e. The molecule has 0 spiro atoms. The predicted molar refractivity (Wildman–Crippen MR) is 110 cm³/mol. The van der Waals surface area contributed by atoms with Gasteiger partial charge in [-0.1, -0.05) is 41.6 Å². The average Bonchev–Trinajstić information content (AvgIpc) is 3.40. The largest absolute Gasteiger partial charge is 0.486 e. The minimum Gasteiger partial charge on any atom is -0.486 e. The Hall–Kier alpha value is -3.86. The van der Waals surface area contributed by atoms with Crippen molar-refractivity contribution in [1.29, 1.82) is 0 Å². The Bertz CT molecular complexity index is 1120. The standard InChI is InChI=1S/C24H19NO4/c1-17-7-14-24(28-17)22-15-21(29-25-22)16-27-20-11-9-19(10-12-20)23(26)13-8-18-5-3-2-4-6-18/h2-15H,16H2,1H3. The highest BCUT2D eigenvalue weighted by atomic mass is 16.5. The second-order valence-corrected chi connectivity index (χ2v) is 6.51. The van der Waals surface area contributed by atoms with Crippen LogP contribution in [0.3, 0.4) is 0 Å². The molecule has 0 radical (unpaired) electrons. The Labute approximate surface area is 168 Å². The van der Waals surface area contributed by atoms with E-state index >= 15 is 0 Å². The van der Waals surface area contributed by atoms with Gasteiger partial charge in [0.15, 0.2) is 17.3 Å². The second-order valence-electron chi connectivity index (χ2n) is 6.51. The third-order valence-electron chi connectivity index (χ3n) is 4.30. The number of carbonyl (C=O) groups is 1. The Morgan fingerprint density at radius 1 is 1.03 bits per heavy atom. The van der Waals surface area contributed by atoms with E-state index in [0.29, 0.717) is 28.5 Å². The fourth-order valence-corrected chi connectivity index (χ4v) is 2.77. The van der Waals surface area contributed by atoms with Crippen molar-refractivity contribution in [2.45, 2.75) is 13.5 Å². The van der Waals surface area contributed by atoms with Gasteiger partial charge in [-0.25, -0.2) is 0 Å². The number of rotatable bonds is 7. The van der Waals surface area contributed by atoms with Crippen molar-refractivity contribution in [3.05, 3.63) is 102 Å². The summed E-state index contributed by atoms with van der Waals surface area (Å²) in [4.78, 5) is 12.3. The molecule has 0 unspecified atom stereocenters. The number of benzene rings is 2. The van der Waals surface area contributed by atoms with Crippen LogP contribution < -0.4 is 4.74 Å². The summed E-state index contributed by atoms with van der Waals surface area (Å²) in [5.74, 6) is 2.63. The molecule has 2 aromatic heterocycles. The number of aryl methyl sites for hydroxylation is 1. The monoisotopic (exact) mass is 385 g/mol. The van der Waals surface area contributed by atoms with Crippen LogP contribution in [0, 0.1) is 6.92 Å². The van der Waals surface area contributed by atoms with E-state index < -0.39 is 0 Å². The second kappa shape index (κ2) is 8.44. The number of hydrogen-bond acceptors (Lipinski definition) is 5. The van der Waals surface area contributed by atoms with Crippen molar-refractivity contribution in [1.82, 2.24) is 5.16 Å². The van der Waals surface area contributed by atoms with E-state index in [4.69, 9.17) is 13.7 Å². The molecule has 0 aliphatic rings. The minimum atomic E-state index is -0.0611. The fourth-order valence-electron chi connectivity index (χ4n) is 2.77. The van der Waals surface area contributed by atoms with E-state index in [1.54, 1.807) is 42.5 Å². The smallest absolute Gasteiger partial charge is 0.185 e. The normalized spacial score (nSPS) is 11.1. The van der Waals surface area contributed by atoms with Gasteiger partial charge in [-0.3, -0.25) is 4.79 Å². The highest BCUT2D eigenvalue weighted by Gasteiger charge is 2.10. The van der Waals surface area contributed by atoms with Crippen LogP contribution in [0.25, 0.3) is 17.5 Å². The molecule has 29 heavy (non-hydrogen) atoms. The molecule has 0 fully saturated rings. The van der Waals surface area contributed by atoms with Gasteiger partial charge in [-0.05, 0) is 55.0 Å². The van der Waals surface area contributed by atoms with Crippen LogP contribution in [-0.4, -0.2) is 10.9 Å². The molecule has 0 atom stereocenters. The van der Waals surface area contributed by atoms with Crippen LogP contribution in [-0.2, 0) is 6.61 Å². The number of ether oxygens (including phenoxy) is 1. The van der Waals surface area contributed by atoms with Gasteiger partial charge in [0.05, 0.1) is 0 Å². The predicted octanol–water partition coefficient (Wildman–Crippen LogP) is 5.72. The highest BCUT2D eigenvalue weighted by Crippen LogP contribution is 2.22. The summed E-state index contributed by atoms with van der Waals surface area (Å²) in [6.07, 6.45) is 3.37. The number of nitrogens with zero attached hydrogens (tertiary/aromatic N) is 1. The zero-order chi connectivity index (χ0) is 20.1. The fraction of sp³-hybridized carbons (Fsp3) is 0.0833. The van der Waals surface area contributed by atoms with Crippen molar-refractivity contribution in [2.24, 2.45) is 0 Å². The van der Waals surface area contributed by atoms with Gasteiger partial charge in [-0.15, -0.1) is 0 Å². The number of allylic oxidation sites excluding steroid dienone is 1. The summed E-state index contributed by atoms with van der Waals surface area (Å²) in [5.41, 5.74) is 2.21. The maximum atomic E-state index is 12.3. The molecule has 2 heterocycles. The molecule has 5 heteroatoms. The van der Waals surface area contributed by atoms with E-state index in [-0.39, 0.29) is 12.4 Å². The summed E-state index contributed by atoms with van der Waals surface area (Å²) in [7, 11) is 0. The zero-order valence-corrected chi connectivity index (χ0v) is 15.9. The maximum absolute atomic E-state index is 12.3. The Morgan fingerprint density at radius 2 is 1.83 bits per heavy atom. The number of furan rings is 1. The van der Waals surface area contributed by atoms with Crippen molar-refractivity contribution < 1.29 is 18.5 Å². The molecule has 0 saturated carbocycles. The van der Waals surface area contributed by atoms with Gasteiger partial charge in [0, 0.05) is 11.6 Å². The molecule has 0 N–H and O–H groups in total. The molecule has 4 aromatic rings. The lowest BCUT2D eigenvalue weighted by Crippen LogP contribution is -1.96. The van der Waals surface area contributed by atoms with Crippen molar-refractivity contribution in [3.63, 3.8) is 0 Å². The summed E-state index contributed by atoms with van der Waals surface area (Å²) in [6, 6.07) is 22.2. The van der Waals surface area contributed by atoms with Crippen LogP contribution >= 0.6 is 0 Å². The zero-order valence-electron chi connectivity index (χ0n) is 15.9. The Kier molecular flexibility index (Phi) is 5.38. The van der Waals surface area contributed by atoms with Crippen LogP contribution in [0.4, 0.5) is 0 Å². The van der Waals surface area contributed by atoms with Gasteiger partial charge in [-0.2, -0.15) is 0 Å². The number of carbonyl (C=O) groups excluding carboxylic acids is 1. The quantitative estimate of drug-likeness (QED) is 0.301. The molecule has 2 aromatic carbocycles. The molecular weight excluding hydrogens is 366 g/mol. The summed E-state index contributed by atoms with van der Waals surface area (Å²) in [6.45, 7) is 2.10. The van der Waals surface area contributed by atoms with Crippen molar-refractivity contribution in [3.8, 4) is 17.2 Å². The molecule has 4 rings (SSSR count). The van der Waals surface area contributed by atoms with E-state index in [0.717, 1.165) is 11.3 Å². The molecule has 0 saturated heterocycles. The third-order valence-corrected chi connectivity index (χ3v) is 4.30. The molecule has 5 nitrogen and oxygen atoms in total. The van der Waals surface area contributed by atoms with Gasteiger partial charge in [0.1, 0.15) is 23.8 Å². The molecule has 0 aliphatic heterocycles. The lowest BCUT2D eigenvalue weighted by molar-refractivity contribution is 0.104. The summed E-state index contributed by atoms with van der Waals surface area (Å²) < 4.78 is 16.5. The molecule has 144 valence electrons. The van der Waals surface area contributed by atoms with E-state index in [1.165, 1.54) is 0 Å². The van der Waals surface area contributed by atoms with Crippen molar-refractivity contribution >= 4 is 11.9 Å². The first-order valence-corrected chi connectivity index (χ1v) is 9.20. The summed E-state index contributed by atoms with van der Waals surface area (Å²) in [5, 5.41) is 3.99. The summed E-state index contributed by atoms with van der Waals surface area (Å²) >= 11 is 0. The van der Waals surface area contributed by atoms with Gasteiger partial charge >= 0.3 is 0 Å². The van der Waals surface area contributed by atoms with Crippen LogP contribution in [0.2, 0.25) is 0 Å². The third kappa shape index (κ3) is 4.71. The molecule has 0 aliphatic carbocycles. The van der Waals surface area contributed by atoms with E-state index in [2.05, 4.69) is 5.16 Å². The number of ketones is 1. The first-order valence-electron chi connectivity index (χ1n) is 9.20. The molecular formula is C24H19NO4. The lowest BCUT2D eigenvalue weighted by Gasteiger charge is -2.04. The van der Waals surface area contributed by atoms with Crippen LogP contribution in [0.1, 0.15) is 27.4 Å². The van der Waals surface area contributed by atoms with E-state index in [9.17, 15) is 4.79 Å². The van der Waals surface area contributed by atoms with Crippen LogP contribution in [0.15, 0.2) is 87.8 Å². The first-order chi connectivity index (χ1) is 14.2. The highest BCUT2D eigenvalue weighted by molar-refractivity contribution is 6.06. The van der Waals surface area contributed by atoms with Gasteiger partial charge in [0.25, 0.3) is 0 Å². The lowest BCUT2D eigenvalue weighted by atomic mass is 10.1. The number of aromatic nitrogens is 1. The topological polar surface area (TPSA) is 65.5 Å².